The molecule has 0 saturated heterocycles. The number of hydrogen-bond donors (Lipinski definition) is 3. The number of tetrazole rings is 1. The standard InChI is InChI=1S/C40H43N9O9S2/c1-26(25-58-40(42)50)46-59(51,52)35-21-20-33(34-6-5-7-36(41)43-34)37(39-44-47-49(45-39)24-29-12-18-32(57-4)19-13-29)38(35)60(53,54)48(22-27-8-14-30(55-2)15-9-27)23-28-10-16-31(56-3)17-11-28/h5-21,26,46H,22-25H2,1-4H3,(H2,41,43)(H2,42,50). The highest BCUT2D eigenvalue weighted by Crippen LogP contribution is 2.41. The minimum Gasteiger partial charge on any atom is -0.497 e. The molecule has 6 aromatic rings. The van der Waals surface area contributed by atoms with Crippen molar-refractivity contribution >= 4 is 32.0 Å². The number of aromatic nitrogens is 5. The molecule has 0 bridgehead atoms. The number of primary amides is 1. The summed E-state index contributed by atoms with van der Waals surface area (Å²) >= 11 is 0. The van der Waals surface area contributed by atoms with Crippen LogP contribution in [0.2, 0.25) is 0 Å². The van der Waals surface area contributed by atoms with E-state index in [0.717, 1.165) is 15.9 Å². The Balaban J connectivity index is 1.61. The van der Waals surface area contributed by atoms with Crippen molar-refractivity contribution in [3.8, 4) is 39.9 Å². The summed E-state index contributed by atoms with van der Waals surface area (Å²) in [7, 11) is -5.12. The topological polar surface area (TPSA) is 246 Å². The summed E-state index contributed by atoms with van der Waals surface area (Å²) in [6.45, 7) is 0.657. The zero-order valence-corrected chi connectivity index (χ0v) is 34.7. The van der Waals surface area contributed by atoms with Crippen molar-refractivity contribution in [2.75, 3.05) is 33.7 Å². The molecule has 0 aliphatic rings. The maximum absolute atomic E-state index is 15.7. The van der Waals surface area contributed by atoms with Gasteiger partial charge in [0.25, 0.3) is 0 Å². The summed E-state index contributed by atoms with van der Waals surface area (Å²) in [5.74, 6) is 1.62. The number of benzene rings is 4. The number of methoxy groups -OCH3 is 3. The normalized spacial score (nSPS) is 12.2. The van der Waals surface area contributed by atoms with E-state index in [1.54, 1.807) is 98.1 Å². The number of nitrogens with two attached hydrogens (primary N) is 2. The molecule has 0 aliphatic carbocycles. The molecule has 6 rings (SSSR count). The fraction of sp³-hybridized carbons (Fsp3) is 0.225. The van der Waals surface area contributed by atoms with Gasteiger partial charge in [-0.3, -0.25) is 0 Å². The predicted molar refractivity (Wildman–Crippen MR) is 221 cm³/mol. The lowest BCUT2D eigenvalue weighted by atomic mass is 10.0. The number of sulfonamides is 2. The first-order chi connectivity index (χ1) is 28.7. The number of carbonyl (C=O) groups excluding carboxylic acids is 1. The number of pyridine rings is 1. The molecule has 5 N–H and O–H groups in total. The van der Waals surface area contributed by atoms with Crippen LogP contribution in [0.25, 0.3) is 22.6 Å². The van der Waals surface area contributed by atoms with E-state index < -0.39 is 48.6 Å². The van der Waals surface area contributed by atoms with Crippen molar-refractivity contribution < 1.29 is 40.6 Å². The Morgan fingerprint density at radius 2 is 1.33 bits per heavy atom. The maximum Gasteiger partial charge on any atom is 0.404 e. The SMILES string of the molecule is COc1ccc(CN(Cc2ccc(OC)cc2)S(=O)(=O)c2c(S(=O)(=O)NC(C)COC(N)=O)ccc(-c3cccc(N)n3)c2-c2nnn(Cc3ccc(OC)cc3)n2)cc1. The van der Waals surface area contributed by atoms with Crippen LogP contribution >= 0.6 is 0 Å². The van der Waals surface area contributed by atoms with E-state index in [9.17, 15) is 13.2 Å². The summed E-state index contributed by atoms with van der Waals surface area (Å²) in [5.41, 5.74) is 13.3. The Morgan fingerprint density at radius 1 is 0.783 bits per heavy atom. The number of nitrogens with zero attached hydrogens (tertiary/aromatic N) is 6. The summed E-state index contributed by atoms with van der Waals surface area (Å²) in [5, 5.41) is 13.1. The highest BCUT2D eigenvalue weighted by Gasteiger charge is 2.38. The van der Waals surface area contributed by atoms with Crippen molar-refractivity contribution in [1.82, 2.24) is 34.2 Å². The van der Waals surface area contributed by atoms with Gasteiger partial charge in [0, 0.05) is 18.7 Å². The van der Waals surface area contributed by atoms with Crippen LogP contribution in [0.3, 0.4) is 0 Å². The van der Waals surface area contributed by atoms with Crippen LogP contribution in [0.4, 0.5) is 10.6 Å². The molecule has 18 nitrogen and oxygen atoms in total. The van der Waals surface area contributed by atoms with Crippen LogP contribution in [0.5, 0.6) is 17.2 Å². The molecule has 2 aromatic heterocycles. The number of hydrogen-bond acceptors (Lipinski definition) is 14. The molecular weight excluding hydrogens is 815 g/mol. The molecule has 20 heteroatoms. The summed E-state index contributed by atoms with van der Waals surface area (Å²) in [6.07, 6.45) is -1.12. The molecule has 60 heavy (non-hydrogen) atoms. The molecule has 4 aromatic carbocycles. The molecule has 2 heterocycles. The third-order valence-electron chi connectivity index (χ3n) is 9.08. The predicted octanol–water partition coefficient (Wildman–Crippen LogP) is 4.21. The zero-order valence-electron chi connectivity index (χ0n) is 33.0. The van der Waals surface area contributed by atoms with Gasteiger partial charge in [-0.15, -0.1) is 10.2 Å². The van der Waals surface area contributed by atoms with Crippen LogP contribution in [0, 0.1) is 0 Å². The second kappa shape index (κ2) is 18.5. The van der Waals surface area contributed by atoms with Crippen molar-refractivity contribution in [2.45, 2.75) is 42.4 Å². The molecule has 314 valence electrons. The van der Waals surface area contributed by atoms with Gasteiger partial charge >= 0.3 is 6.09 Å². The Kier molecular flexibility index (Phi) is 13.3. The van der Waals surface area contributed by atoms with Crippen molar-refractivity contribution in [2.24, 2.45) is 5.73 Å². The average molecular weight is 858 g/mol. The van der Waals surface area contributed by atoms with Gasteiger partial charge in [-0.05, 0) is 83.4 Å². The van der Waals surface area contributed by atoms with Gasteiger partial charge in [0.2, 0.25) is 25.9 Å². The Bertz CT molecular complexity index is 2610. The van der Waals surface area contributed by atoms with Crippen molar-refractivity contribution in [1.29, 1.82) is 0 Å². The van der Waals surface area contributed by atoms with Gasteiger partial charge in [-0.1, -0.05) is 48.5 Å². The van der Waals surface area contributed by atoms with Gasteiger partial charge in [-0.2, -0.15) is 9.10 Å². The van der Waals surface area contributed by atoms with Crippen LogP contribution in [0.15, 0.2) is 113 Å². The smallest absolute Gasteiger partial charge is 0.404 e. The number of ether oxygens (including phenoxy) is 4. The summed E-state index contributed by atoms with van der Waals surface area (Å²) in [4.78, 5) is 15.8. The van der Waals surface area contributed by atoms with E-state index in [1.165, 1.54) is 32.0 Å². The number of nitrogens with one attached hydrogen (secondary N) is 1. The molecule has 1 atom stereocenters. The highest BCUT2D eigenvalue weighted by atomic mass is 32.2. The summed E-state index contributed by atoms with van der Waals surface area (Å²) in [6, 6.07) is 27.0. The first-order valence-corrected chi connectivity index (χ1v) is 21.1. The lowest BCUT2D eigenvalue weighted by molar-refractivity contribution is 0.149. The van der Waals surface area contributed by atoms with E-state index in [2.05, 4.69) is 25.1 Å². The Morgan fingerprint density at radius 3 is 1.85 bits per heavy atom. The van der Waals surface area contributed by atoms with Crippen molar-refractivity contribution in [3.05, 3.63) is 120 Å². The molecule has 1 amide bonds. The lowest BCUT2D eigenvalue weighted by Gasteiger charge is -2.26. The fourth-order valence-electron chi connectivity index (χ4n) is 6.17. The number of rotatable bonds is 18. The minimum absolute atomic E-state index is 0.112. The number of amides is 1. The van der Waals surface area contributed by atoms with E-state index in [0.29, 0.717) is 28.4 Å². The van der Waals surface area contributed by atoms with Crippen LogP contribution in [-0.4, -0.2) is 86.4 Å². The molecule has 0 spiro atoms. The molecule has 0 fully saturated rings. The zero-order chi connectivity index (χ0) is 43.0. The third kappa shape index (κ3) is 10.1. The molecule has 1 unspecified atom stereocenters. The minimum atomic E-state index is -4.92. The highest BCUT2D eigenvalue weighted by molar-refractivity contribution is 7.92. The van der Waals surface area contributed by atoms with Gasteiger partial charge in [0.05, 0.1) is 45.2 Å². The lowest BCUT2D eigenvalue weighted by Crippen LogP contribution is -2.38. The van der Waals surface area contributed by atoms with Crippen LogP contribution < -0.4 is 30.4 Å². The quantitative estimate of drug-likeness (QED) is 0.110. The van der Waals surface area contributed by atoms with Gasteiger partial charge in [0.1, 0.15) is 39.5 Å². The van der Waals surface area contributed by atoms with E-state index in [1.807, 2.05) is 0 Å². The van der Waals surface area contributed by atoms with Gasteiger partial charge in [0.15, 0.2) is 0 Å². The average Bonchev–Trinajstić information content (AvgIpc) is 3.70. The number of anilines is 1. The van der Waals surface area contributed by atoms with Crippen LogP contribution in [-0.2, 0) is 44.4 Å². The summed E-state index contributed by atoms with van der Waals surface area (Å²) < 4.78 is 84.8. The third-order valence-corrected chi connectivity index (χ3v) is 12.7. The maximum atomic E-state index is 15.7. The van der Waals surface area contributed by atoms with E-state index >= 15 is 8.42 Å². The Hall–Kier alpha value is -6.61. The molecule has 0 aliphatic heterocycles. The Labute approximate surface area is 347 Å². The number of nitrogen functional groups attached to an aromatic ring is 1. The van der Waals surface area contributed by atoms with Gasteiger partial charge in [-0.25, -0.2) is 31.3 Å². The molecule has 0 saturated carbocycles. The molecular formula is C40H43N9O9S2. The second-order valence-electron chi connectivity index (χ2n) is 13.4. The first-order valence-electron chi connectivity index (χ1n) is 18.2. The largest absolute Gasteiger partial charge is 0.497 e. The first kappa shape index (κ1) is 43.0. The molecule has 0 radical (unpaired) electrons. The van der Waals surface area contributed by atoms with Crippen molar-refractivity contribution in [3.63, 3.8) is 0 Å². The van der Waals surface area contributed by atoms with E-state index in [-0.39, 0.29) is 48.1 Å². The van der Waals surface area contributed by atoms with Crippen LogP contribution in [0.1, 0.15) is 23.6 Å². The fourth-order valence-corrected chi connectivity index (χ4v) is 9.81. The number of carbonyl (C=O) groups is 1. The second-order valence-corrected chi connectivity index (χ2v) is 16.9. The monoisotopic (exact) mass is 857 g/mol. The van der Waals surface area contributed by atoms with Gasteiger partial charge < -0.3 is 30.4 Å². The van der Waals surface area contributed by atoms with E-state index in [4.69, 9.17) is 30.4 Å².